The van der Waals surface area contributed by atoms with Crippen LogP contribution < -0.4 is 10.5 Å². The van der Waals surface area contributed by atoms with Crippen LogP contribution in [0.2, 0.25) is 0 Å². The molecule has 0 unspecified atom stereocenters. The number of nitrogen functional groups attached to an aromatic ring is 1. The van der Waals surface area contributed by atoms with Gasteiger partial charge < -0.3 is 10.5 Å². The van der Waals surface area contributed by atoms with Crippen LogP contribution in [0.1, 0.15) is 22.4 Å². The minimum atomic E-state index is -4.94. The first-order chi connectivity index (χ1) is 14.1. The van der Waals surface area contributed by atoms with Gasteiger partial charge in [0.05, 0.1) is 19.5 Å². The number of alkyl halides is 3. The molecule has 0 aliphatic rings. The molecule has 3 rings (SSSR count). The number of aryl methyl sites for hydroxylation is 2. The van der Waals surface area contributed by atoms with Gasteiger partial charge in [0.2, 0.25) is 11.8 Å². The van der Waals surface area contributed by atoms with Crippen molar-refractivity contribution in [2.75, 3.05) is 7.11 Å². The zero-order valence-corrected chi connectivity index (χ0v) is 17.2. The highest BCUT2D eigenvalue weighted by atomic mass is 35.5. The summed E-state index contributed by atoms with van der Waals surface area (Å²) in [6.45, 7) is 3.44. The number of methoxy groups -OCH3 is 1. The molecule has 0 bridgehead atoms. The lowest BCUT2D eigenvalue weighted by Gasteiger charge is -2.12. The smallest absolute Gasteiger partial charge is 0.426 e. The highest BCUT2D eigenvalue weighted by Crippen LogP contribution is 2.37. The lowest BCUT2D eigenvalue weighted by molar-refractivity contribution is -0.142. The molecule has 0 atom stereocenters. The van der Waals surface area contributed by atoms with E-state index in [1.54, 1.807) is 13.1 Å². The first-order valence-electron chi connectivity index (χ1n) is 8.13. The average molecular weight is 461 g/mol. The maximum Gasteiger partial charge on any atom is 0.426 e. The second kappa shape index (κ2) is 10.5. The Bertz CT molecular complexity index is 1060. The maximum atomic E-state index is 13.6. The van der Waals surface area contributed by atoms with Crippen molar-refractivity contribution in [3.05, 3.63) is 53.2 Å². The third-order valence-electron chi connectivity index (χ3n) is 3.63. The van der Waals surface area contributed by atoms with Crippen molar-refractivity contribution in [1.29, 1.82) is 5.41 Å². The van der Waals surface area contributed by atoms with Crippen LogP contribution in [0.4, 0.5) is 17.6 Å². The van der Waals surface area contributed by atoms with Gasteiger partial charge in [0.25, 0.3) is 0 Å². The molecular weight excluding hydrogens is 444 g/mol. The van der Waals surface area contributed by atoms with Crippen LogP contribution in [0.3, 0.4) is 0 Å². The Hall–Kier alpha value is -3.48. The maximum absolute atomic E-state index is 13.6. The van der Waals surface area contributed by atoms with E-state index in [4.69, 9.17) is 11.1 Å². The van der Waals surface area contributed by atoms with Gasteiger partial charge in [0.1, 0.15) is 17.9 Å². The molecule has 0 saturated carbocycles. The third kappa shape index (κ3) is 6.25. The van der Waals surface area contributed by atoms with E-state index >= 15 is 0 Å². The van der Waals surface area contributed by atoms with Crippen molar-refractivity contribution >= 4 is 18.2 Å². The van der Waals surface area contributed by atoms with Gasteiger partial charge >= 0.3 is 6.18 Å². The van der Waals surface area contributed by atoms with E-state index in [9.17, 15) is 17.6 Å². The van der Waals surface area contributed by atoms with Crippen molar-refractivity contribution in [3.8, 4) is 17.3 Å². The van der Waals surface area contributed by atoms with Crippen molar-refractivity contribution in [2.45, 2.75) is 20.0 Å². The summed E-state index contributed by atoms with van der Waals surface area (Å²) >= 11 is 0. The predicted molar refractivity (Wildman–Crippen MR) is 104 cm³/mol. The Morgan fingerprint density at radius 3 is 2.19 bits per heavy atom. The molecule has 0 aromatic carbocycles. The molecule has 0 saturated heterocycles. The van der Waals surface area contributed by atoms with E-state index in [1.807, 2.05) is 6.92 Å². The summed E-state index contributed by atoms with van der Waals surface area (Å²) in [4.78, 5) is 14.4. The zero-order chi connectivity index (χ0) is 22.5. The molecule has 14 heteroatoms. The first-order valence-corrected chi connectivity index (χ1v) is 8.13. The number of nitrogens with one attached hydrogen (secondary N) is 1. The third-order valence-corrected chi connectivity index (χ3v) is 3.63. The lowest BCUT2D eigenvalue weighted by Crippen LogP contribution is -2.14. The van der Waals surface area contributed by atoms with Crippen LogP contribution >= 0.6 is 12.4 Å². The van der Waals surface area contributed by atoms with Crippen LogP contribution in [0.25, 0.3) is 11.4 Å². The molecule has 3 heterocycles. The Kier molecular flexibility index (Phi) is 8.67. The molecular formula is C17H17ClF4N8O. The second-order valence-corrected chi connectivity index (χ2v) is 5.77. The number of amidine groups is 1. The fourth-order valence-electron chi connectivity index (χ4n) is 2.22. The monoisotopic (exact) mass is 460 g/mol. The summed E-state index contributed by atoms with van der Waals surface area (Å²) < 4.78 is 56.2. The number of halogens is 5. The number of ether oxygens (including phenoxy) is 1. The number of hydrogen-bond donors (Lipinski definition) is 2. The SMILES string of the molecule is COc1nc(-c2cnncc2C)nc(F)c1C(F)(F)F.Cc1cncnc1C(=N)N.Cl. The van der Waals surface area contributed by atoms with E-state index in [-0.39, 0.29) is 29.6 Å². The zero-order valence-electron chi connectivity index (χ0n) is 16.4. The lowest BCUT2D eigenvalue weighted by atomic mass is 10.2. The molecule has 0 amide bonds. The average Bonchev–Trinajstić information content (AvgIpc) is 2.67. The van der Waals surface area contributed by atoms with Crippen LogP contribution in [0.5, 0.6) is 5.88 Å². The molecule has 3 aromatic heterocycles. The van der Waals surface area contributed by atoms with Crippen LogP contribution in [-0.2, 0) is 6.18 Å². The van der Waals surface area contributed by atoms with Gasteiger partial charge in [-0.2, -0.15) is 37.7 Å². The van der Waals surface area contributed by atoms with Crippen LogP contribution in [0.15, 0.2) is 24.9 Å². The molecule has 31 heavy (non-hydrogen) atoms. The minimum Gasteiger partial charge on any atom is -0.480 e. The Labute approximate surface area is 180 Å². The molecule has 0 aliphatic heterocycles. The van der Waals surface area contributed by atoms with Crippen molar-refractivity contribution in [3.63, 3.8) is 0 Å². The molecule has 166 valence electrons. The van der Waals surface area contributed by atoms with E-state index in [0.717, 1.165) is 12.7 Å². The van der Waals surface area contributed by atoms with Gasteiger partial charge in [-0.3, -0.25) is 5.41 Å². The Morgan fingerprint density at radius 2 is 1.71 bits per heavy atom. The quantitative estimate of drug-likeness (QED) is 0.263. The fourth-order valence-corrected chi connectivity index (χ4v) is 2.22. The number of aromatic nitrogens is 6. The number of nitrogens with two attached hydrogens (primary N) is 1. The first kappa shape index (κ1) is 25.6. The van der Waals surface area contributed by atoms with Crippen molar-refractivity contribution in [1.82, 2.24) is 30.1 Å². The summed E-state index contributed by atoms with van der Waals surface area (Å²) in [5.74, 6) is -2.84. The van der Waals surface area contributed by atoms with Crippen molar-refractivity contribution < 1.29 is 22.3 Å². The second-order valence-electron chi connectivity index (χ2n) is 5.77. The van der Waals surface area contributed by atoms with E-state index in [0.29, 0.717) is 11.3 Å². The molecule has 9 nitrogen and oxygen atoms in total. The van der Waals surface area contributed by atoms with Gasteiger partial charge in [-0.05, 0) is 25.0 Å². The molecule has 0 fully saturated rings. The number of rotatable bonds is 3. The van der Waals surface area contributed by atoms with Gasteiger partial charge in [0.15, 0.2) is 11.4 Å². The minimum absolute atomic E-state index is 0. The van der Waals surface area contributed by atoms with E-state index in [1.165, 1.54) is 18.7 Å². The molecule has 0 aliphatic carbocycles. The predicted octanol–water partition coefficient (Wildman–Crippen LogP) is 2.90. The van der Waals surface area contributed by atoms with Crippen molar-refractivity contribution in [2.24, 2.45) is 5.73 Å². The Morgan fingerprint density at radius 1 is 1.06 bits per heavy atom. The molecule has 0 spiro atoms. The highest BCUT2D eigenvalue weighted by Gasteiger charge is 2.40. The van der Waals surface area contributed by atoms with Gasteiger partial charge in [0, 0.05) is 11.8 Å². The fraction of sp³-hybridized carbons (Fsp3) is 0.235. The molecule has 3 N–H and O–H groups in total. The van der Waals surface area contributed by atoms with Gasteiger partial charge in [-0.25, -0.2) is 9.97 Å². The number of nitrogens with zero attached hydrogens (tertiary/aromatic N) is 6. The Balaban J connectivity index is 0.000000370. The molecule has 0 radical (unpaired) electrons. The van der Waals surface area contributed by atoms with Gasteiger partial charge in [-0.1, -0.05) is 0 Å². The summed E-state index contributed by atoms with van der Waals surface area (Å²) in [7, 11) is 0.971. The highest BCUT2D eigenvalue weighted by molar-refractivity contribution is 5.94. The van der Waals surface area contributed by atoms with E-state index in [2.05, 4.69) is 34.9 Å². The standard InChI is InChI=1S/C11H8F4N4O.C6H8N4.ClH/c1-5-3-16-17-4-6(5)9-18-8(12)7(11(13,14)15)10(19-9)20-2;1-4-2-9-3-10-5(4)6(7)8;/h3-4H,1-2H3;2-3H,1H3,(H3,7,8);1H. The number of hydrogen-bond acceptors (Lipinski definition) is 8. The summed E-state index contributed by atoms with van der Waals surface area (Å²) in [6, 6.07) is 0. The largest absolute Gasteiger partial charge is 0.480 e. The van der Waals surface area contributed by atoms with Crippen LogP contribution in [0, 0.1) is 25.2 Å². The summed E-state index contributed by atoms with van der Waals surface area (Å²) in [5, 5.41) is 14.2. The van der Waals surface area contributed by atoms with Gasteiger partial charge in [-0.15, -0.1) is 12.4 Å². The van der Waals surface area contributed by atoms with Crippen LogP contribution in [-0.4, -0.2) is 43.1 Å². The topological polar surface area (TPSA) is 136 Å². The molecule has 3 aromatic rings. The summed E-state index contributed by atoms with van der Waals surface area (Å²) in [6.07, 6.45) is 0.657. The normalized spacial score (nSPS) is 10.4. The summed E-state index contributed by atoms with van der Waals surface area (Å²) in [5.41, 5.74) is 5.72. The van der Waals surface area contributed by atoms with E-state index < -0.39 is 23.6 Å².